The Morgan fingerprint density at radius 1 is 1.25 bits per heavy atom. The van der Waals surface area contributed by atoms with E-state index in [4.69, 9.17) is 15.6 Å². The van der Waals surface area contributed by atoms with Crippen LogP contribution in [-0.4, -0.2) is 30.5 Å². The minimum absolute atomic E-state index is 0.228. The molecule has 0 aliphatic heterocycles. The fourth-order valence-corrected chi connectivity index (χ4v) is 1.57. The summed E-state index contributed by atoms with van der Waals surface area (Å²) in [4.78, 5) is 0. The van der Waals surface area contributed by atoms with Crippen molar-refractivity contribution < 1.29 is 9.84 Å². The van der Waals surface area contributed by atoms with Gasteiger partial charge < -0.3 is 15.6 Å². The highest BCUT2D eigenvalue weighted by Crippen LogP contribution is 2.19. The average Bonchev–Trinajstić information content (AvgIpc) is 2.09. The van der Waals surface area contributed by atoms with Crippen molar-refractivity contribution in [2.45, 2.75) is 44.2 Å². The van der Waals surface area contributed by atoms with Crippen molar-refractivity contribution in [2.24, 2.45) is 5.73 Å². The molecule has 1 fully saturated rings. The quantitative estimate of drug-likeness (QED) is 0.614. The Hall–Kier alpha value is -0.120. The number of hydrogen-bond donors (Lipinski definition) is 2. The van der Waals surface area contributed by atoms with Gasteiger partial charge >= 0.3 is 0 Å². The number of ether oxygens (including phenoxy) is 1. The second-order valence-electron chi connectivity index (χ2n) is 3.48. The molecule has 12 heavy (non-hydrogen) atoms. The molecule has 1 aliphatic carbocycles. The minimum atomic E-state index is 0.228. The van der Waals surface area contributed by atoms with E-state index in [0.717, 1.165) is 32.1 Å². The van der Waals surface area contributed by atoms with E-state index in [1.165, 1.54) is 0 Å². The first kappa shape index (κ1) is 9.96. The molecule has 0 aromatic rings. The number of aliphatic hydroxyl groups is 1. The van der Waals surface area contributed by atoms with Crippen molar-refractivity contribution in [2.75, 3.05) is 13.2 Å². The van der Waals surface area contributed by atoms with Crippen LogP contribution in [0.2, 0.25) is 0 Å². The number of aliphatic hydroxyl groups excluding tert-OH is 1. The summed E-state index contributed by atoms with van der Waals surface area (Å²) in [5, 5.41) is 8.54. The molecule has 72 valence electrons. The van der Waals surface area contributed by atoms with Gasteiger partial charge in [0.05, 0.1) is 6.10 Å². The molecule has 0 saturated heterocycles. The summed E-state index contributed by atoms with van der Waals surface area (Å²) >= 11 is 0. The highest BCUT2D eigenvalue weighted by atomic mass is 16.5. The lowest BCUT2D eigenvalue weighted by Gasteiger charge is -2.25. The van der Waals surface area contributed by atoms with Crippen LogP contribution in [0.15, 0.2) is 0 Å². The molecule has 0 atom stereocenters. The van der Waals surface area contributed by atoms with E-state index >= 15 is 0 Å². The van der Waals surface area contributed by atoms with E-state index in [-0.39, 0.29) is 6.61 Å². The van der Waals surface area contributed by atoms with Gasteiger partial charge in [0, 0.05) is 19.3 Å². The molecule has 1 aliphatic rings. The standard InChI is InChI=1S/C9H19NO2/c10-8-2-4-9(5-3-8)12-7-1-6-11/h8-9,11H,1-7,10H2. The van der Waals surface area contributed by atoms with Gasteiger partial charge in [-0.05, 0) is 32.1 Å². The van der Waals surface area contributed by atoms with E-state index in [2.05, 4.69) is 0 Å². The topological polar surface area (TPSA) is 55.5 Å². The van der Waals surface area contributed by atoms with Gasteiger partial charge in [-0.25, -0.2) is 0 Å². The van der Waals surface area contributed by atoms with Crippen molar-refractivity contribution >= 4 is 0 Å². The molecule has 0 unspecified atom stereocenters. The van der Waals surface area contributed by atoms with Gasteiger partial charge in [0.2, 0.25) is 0 Å². The van der Waals surface area contributed by atoms with Gasteiger partial charge in [0.25, 0.3) is 0 Å². The molecular weight excluding hydrogens is 154 g/mol. The fourth-order valence-electron chi connectivity index (χ4n) is 1.57. The summed E-state index contributed by atoms with van der Waals surface area (Å²) in [6.45, 7) is 0.919. The zero-order valence-electron chi connectivity index (χ0n) is 7.54. The summed E-state index contributed by atoms with van der Waals surface area (Å²) in [5.74, 6) is 0. The van der Waals surface area contributed by atoms with Crippen molar-refractivity contribution in [1.29, 1.82) is 0 Å². The molecule has 3 nitrogen and oxygen atoms in total. The van der Waals surface area contributed by atoms with E-state index in [1.54, 1.807) is 0 Å². The summed E-state index contributed by atoms with van der Waals surface area (Å²) in [7, 11) is 0. The Kier molecular flexibility index (Phi) is 4.58. The summed E-state index contributed by atoms with van der Waals surface area (Å²) in [6, 6.07) is 0.391. The molecule has 3 N–H and O–H groups in total. The maximum Gasteiger partial charge on any atom is 0.0576 e. The SMILES string of the molecule is NC1CCC(OCCCO)CC1. The van der Waals surface area contributed by atoms with Gasteiger partial charge in [0.1, 0.15) is 0 Å². The molecule has 0 amide bonds. The largest absolute Gasteiger partial charge is 0.396 e. The Morgan fingerprint density at radius 3 is 2.50 bits per heavy atom. The number of rotatable bonds is 4. The van der Waals surface area contributed by atoms with Gasteiger partial charge in [-0.3, -0.25) is 0 Å². The summed E-state index contributed by atoms with van der Waals surface area (Å²) in [5.41, 5.74) is 5.76. The Labute approximate surface area is 73.9 Å². The van der Waals surface area contributed by atoms with Crippen molar-refractivity contribution in [3.63, 3.8) is 0 Å². The van der Waals surface area contributed by atoms with E-state index in [0.29, 0.717) is 18.8 Å². The second-order valence-corrected chi connectivity index (χ2v) is 3.48. The molecule has 0 bridgehead atoms. The van der Waals surface area contributed by atoms with Crippen molar-refractivity contribution in [1.82, 2.24) is 0 Å². The molecule has 3 heteroatoms. The predicted molar refractivity (Wildman–Crippen MR) is 47.9 cm³/mol. The van der Waals surface area contributed by atoms with Crippen LogP contribution in [0.1, 0.15) is 32.1 Å². The zero-order valence-corrected chi connectivity index (χ0v) is 7.54. The maximum atomic E-state index is 8.54. The lowest BCUT2D eigenvalue weighted by atomic mass is 9.94. The molecule has 0 radical (unpaired) electrons. The van der Waals surface area contributed by atoms with Crippen LogP contribution in [0.5, 0.6) is 0 Å². The monoisotopic (exact) mass is 173 g/mol. The lowest BCUT2D eigenvalue weighted by Crippen LogP contribution is -2.30. The third kappa shape index (κ3) is 3.52. The average molecular weight is 173 g/mol. The van der Waals surface area contributed by atoms with Crippen LogP contribution < -0.4 is 5.73 Å². The summed E-state index contributed by atoms with van der Waals surface area (Å²) < 4.78 is 5.56. The smallest absolute Gasteiger partial charge is 0.0576 e. The minimum Gasteiger partial charge on any atom is -0.396 e. The van der Waals surface area contributed by atoms with Gasteiger partial charge in [-0.1, -0.05) is 0 Å². The van der Waals surface area contributed by atoms with E-state index < -0.39 is 0 Å². The third-order valence-corrected chi connectivity index (χ3v) is 2.37. The fraction of sp³-hybridized carbons (Fsp3) is 1.00. The van der Waals surface area contributed by atoms with Crippen molar-refractivity contribution in [3.8, 4) is 0 Å². The molecule has 1 saturated carbocycles. The molecule has 0 aromatic carbocycles. The van der Waals surface area contributed by atoms with Crippen LogP contribution in [-0.2, 0) is 4.74 Å². The normalized spacial score (nSPS) is 30.5. The molecule has 1 rings (SSSR count). The first-order chi connectivity index (χ1) is 5.83. The van der Waals surface area contributed by atoms with Gasteiger partial charge in [-0.2, -0.15) is 0 Å². The first-order valence-electron chi connectivity index (χ1n) is 4.81. The highest BCUT2D eigenvalue weighted by molar-refractivity contribution is 4.74. The van der Waals surface area contributed by atoms with E-state index in [9.17, 15) is 0 Å². The molecular formula is C9H19NO2. The Bertz CT molecular complexity index is 111. The second kappa shape index (κ2) is 5.51. The molecule has 0 aromatic heterocycles. The number of nitrogens with two attached hydrogens (primary N) is 1. The maximum absolute atomic E-state index is 8.54. The lowest BCUT2D eigenvalue weighted by molar-refractivity contribution is 0.0184. The predicted octanol–water partition coefficient (Wildman–Crippen LogP) is 0.655. The number of hydrogen-bond acceptors (Lipinski definition) is 3. The Balaban J connectivity index is 2.01. The first-order valence-corrected chi connectivity index (χ1v) is 4.81. The van der Waals surface area contributed by atoms with Crippen LogP contribution in [0.3, 0.4) is 0 Å². The Morgan fingerprint density at radius 2 is 1.92 bits per heavy atom. The van der Waals surface area contributed by atoms with E-state index in [1.807, 2.05) is 0 Å². The van der Waals surface area contributed by atoms with Crippen LogP contribution in [0, 0.1) is 0 Å². The van der Waals surface area contributed by atoms with Gasteiger partial charge in [0.15, 0.2) is 0 Å². The van der Waals surface area contributed by atoms with Crippen LogP contribution in [0.25, 0.3) is 0 Å². The molecule has 0 heterocycles. The third-order valence-electron chi connectivity index (χ3n) is 2.37. The molecule has 0 spiro atoms. The van der Waals surface area contributed by atoms with Gasteiger partial charge in [-0.15, -0.1) is 0 Å². The summed E-state index contributed by atoms with van der Waals surface area (Å²) in [6.07, 6.45) is 5.51. The zero-order chi connectivity index (χ0) is 8.81. The van der Waals surface area contributed by atoms with Crippen LogP contribution in [0.4, 0.5) is 0 Å². The van der Waals surface area contributed by atoms with Crippen molar-refractivity contribution in [3.05, 3.63) is 0 Å². The van der Waals surface area contributed by atoms with Crippen LogP contribution >= 0.6 is 0 Å². The highest BCUT2D eigenvalue weighted by Gasteiger charge is 2.18.